The van der Waals surface area contributed by atoms with E-state index < -0.39 is 0 Å². The number of morpholine rings is 1. The first-order chi connectivity index (χ1) is 13.4. The quantitative estimate of drug-likeness (QED) is 0.514. The molecule has 3 aromatic heterocycles. The molecule has 0 aliphatic carbocycles. The summed E-state index contributed by atoms with van der Waals surface area (Å²) in [6, 6.07) is 19.2. The van der Waals surface area contributed by atoms with Crippen molar-refractivity contribution in [2.75, 3.05) is 31.2 Å². The van der Waals surface area contributed by atoms with Crippen LogP contribution in [0.2, 0.25) is 0 Å². The lowest BCUT2D eigenvalue weighted by Crippen LogP contribution is -2.36. The van der Waals surface area contributed by atoms with Gasteiger partial charge in [-0.2, -0.15) is 0 Å². The van der Waals surface area contributed by atoms with Gasteiger partial charge in [0.2, 0.25) is 0 Å². The van der Waals surface area contributed by atoms with Crippen LogP contribution < -0.4 is 4.90 Å². The highest BCUT2D eigenvalue weighted by atomic mass is 32.1. The fourth-order valence-corrected chi connectivity index (χ4v) is 4.42. The molecule has 4 heterocycles. The SMILES string of the molecule is c1cncc(-c2cc3ccc(-c4ccc(N5CCOCC5)cc4)nc3s2)c1. The lowest BCUT2D eigenvalue weighted by atomic mass is 10.1. The summed E-state index contributed by atoms with van der Waals surface area (Å²) in [5.74, 6) is 0. The molecule has 4 nitrogen and oxygen atoms in total. The third-order valence-corrected chi connectivity index (χ3v) is 5.96. The molecule has 27 heavy (non-hydrogen) atoms. The molecule has 1 aromatic carbocycles. The molecule has 1 fully saturated rings. The summed E-state index contributed by atoms with van der Waals surface area (Å²) in [4.78, 5) is 13.7. The van der Waals surface area contributed by atoms with Gasteiger partial charge in [0.25, 0.3) is 0 Å². The number of anilines is 1. The number of pyridine rings is 2. The summed E-state index contributed by atoms with van der Waals surface area (Å²) in [6.45, 7) is 3.51. The molecule has 0 bridgehead atoms. The predicted octanol–water partition coefficient (Wildman–Crippen LogP) is 4.86. The van der Waals surface area contributed by atoms with E-state index in [0.717, 1.165) is 48.0 Å². The third kappa shape index (κ3) is 3.31. The normalized spacial score (nSPS) is 14.6. The van der Waals surface area contributed by atoms with Crippen LogP contribution in [0.1, 0.15) is 0 Å². The maximum atomic E-state index is 5.43. The zero-order valence-electron chi connectivity index (χ0n) is 14.8. The third-order valence-electron chi connectivity index (χ3n) is 4.87. The van der Waals surface area contributed by atoms with Crippen LogP contribution in [0.4, 0.5) is 5.69 Å². The summed E-state index contributed by atoms with van der Waals surface area (Å²) in [6.07, 6.45) is 3.70. The highest BCUT2D eigenvalue weighted by Gasteiger charge is 2.12. The van der Waals surface area contributed by atoms with Crippen molar-refractivity contribution in [3.05, 3.63) is 67.0 Å². The average molecular weight is 373 g/mol. The molecule has 1 aliphatic rings. The first-order valence-electron chi connectivity index (χ1n) is 9.11. The summed E-state index contributed by atoms with van der Waals surface area (Å²) in [5.41, 5.74) is 4.54. The second-order valence-corrected chi connectivity index (χ2v) is 7.62. The Morgan fingerprint density at radius 3 is 2.56 bits per heavy atom. The molecule has 5 rings (SSSR count). The van der Waals surface area contributed by atoms with E-state index in [4.69, 9.17) is 9.72 Å². The maximum absolute atomic E-state index is 5.43. The fraction of sp³-hybridized carbons (Fsp3) is 0.182. The first kappa shape index (κ1) is 16.4. The van der Waals surface area contributed by atoms with E-state index in [0.29, 0.717) is 0 Å². The molecule has 0 unspecified atom stereocenters. The molecular formula is C22H19N3OS. The highest BCUT2D eigenvalue weighted by Crippen LogP contribution is 2.33. The van der Waals surface area contributed by atoms with Crippen molar-refractivity contribution in [1.29, 1.82) is 0 Å². The van der Waals surface area contributed by atoms with Gasteiger partial charge in [0, 0.05) is 52.6 Å². The van der Waals surface area contributed by atoms with E-state index in [1.54, 1.807) is 17.5 Å². The number of fused-ring (bicyclic) bond motifs is 1. The van der Waals surface area contributed by atoms with Gasteiger partial charge in [-0.3, -0.25) is 4.98 Å². The Labute approximate surface area is 162 Å². The lowest BCUT2D eigenvalue weighted by Gasteiger charge is -2.28. The number of aromatic nitrogens is 2. The second kappa shape index (κ2) is 7.10. The van der Waals surface area contributed by atoms with E-state index in [1.807, 2.05) is 12.3 Å². The predicted molar refractivity (Wildman–Crippen MR) is 111 cm³/mol. The fourth-order valence-electron chi connectivity index (χ4n) is 3.39. The van der Waals surface area contributed by atoms with E-state index in [9.17, 15) is 0 Å². The molecule has 0 spiro atoms. The summed E-state index contributed by atoms with van der Waals surface area (Å²) in [5, 5.41) is 1.17. The van der Waals surface area contributed by atoms with Gasteiger partial charge >= 0.3 is 0 Å². The molecule has 0 N–H and O–H groups in total. The van der Waals surface area contributed by atoms with Crippen LogP contribution in [0.25, 0.3) is 31.9 Å². The zero-order chi connectivity index (χ0) is 18.1. The van der Waals surface area contributed by atoms with Crippen LogP contribution >= 0.6 is 11.3 Å². The van der Waals surface area contributed by atoms with Crippen LogP contribution in [0, 0.1) is 0 Å². The molecule has 0 saturated carbocycles. The Bertz CT molecular complexity index is 1050. The van der Waals surface area contributed by atoms with Crippen LogP contribution in [0.3, 0.4) is 0 Å². The summed E-state index contributed by atoms with van der Waals surface area (Å²) >= 11 is 1.71. The number of ether oxygens (including phenoxy) is 1. The molecule has 1 aliphatic heterocycles. The molecule has 134 valence electrons. The number of benzene rings is 1. The van der Waals surface area contributed by atoms with Crippen molar-refractivity contribution < 1.29 is 4.74 Å². The topological polar surface area (TPSA) is 38.2 Å². The highest BCUT2D eigenvalue weighted by molar-refractivity contribution is 7.21. The van der Waals surface area contributed by atoms with Gasteiger partial charge in [0.1, 0.15) is 4.83 Å². The molecule has 5 heteroatoms. The van der Waals surface area contributed by atoms with Crippen molar-refractivity contribution in [2.45, 2.75) is 0 Å². The molecule has 4 aromatic rings. The Morgan fingerprint density at radius 1 is 0.926 bits per heavy atom. The van der Waals surface area contributed by atoms with Crippen molar-refractivity contribution in [2.24, 2.45) is 0 Å². The first-order valence-corrected chi connectivity index (χ1v) is 9.93. The minimum atomic E-state index is 0.803. The number of rotatable bonds is 3. The summed E-state index contributed by atoms with van der Waals surface area (Å²) in [7, 11) is 0. The Kier molecular flexibility index (Phi) is 4.32. The van der Waals surface area contributed by atoms with Crippen LogP contribution in [0.5, 0.6) is 0 Å². The van der Waals surface area contributed by atoms with Gasteiger partial charge in [-0.05, 0) is 36.4 Å². The van der Waals surface area contributed by atoms with Gasteiger partial charge in [-0.25, -0.2) is 4.98 Å². The molecule has 0 amide bonds. The van der Waals surface area contributed by atoms with Gasteiger partial charge in [-0.1, -0.05) is 18.2 Å². The largest absolute Gasteiger partial charge is 0.378 e. The molecular weight excluding hydrogens is 354 g/mol. The number of hydrogen-bond acceptors (Lipinski definition) is 5. The Balaban J connectivity index is 1.44. The minimum absolute atomic E-state index is 0.803. The number of hydrogen-bond donors (Lipinski definition) is 0. The Hall–Kier alpha value is -2.76. The van der Waals surface area contributed by atoms with Gasteiger partial charge < -0.3 is 9.64 Å². The standard InChI is InChI=1S/C22H19N3OS/c1-2-18(15-23-9-1)21-14-17-5-8-20(24-22(17)27-21)16-3-6-19(7-4-16)25-10-12-26-13-11-25/h1-9,14-15H,10-13H2. The van der Waals surface area contributed by atoms with Gasteiger partial charge in [0.15, 0.2) is 0 Å². The van der Waals surface area contributed by atoms with Crippen LogP contribution in [-0.2, 0) is 4.74 Å². The average Bonchev–Trinajstić information content (AvgIpc) is 3.19. The van der Waals surface area contributed by atoms with Crippen molar-refractivity contribution in [3.8, 4) is 21.7 Å². The number of nitrogens with zero attached hydrogens (tertiary/aromatic N) is 3. The maximum Gasteiger partial charge on any atom is 0.124 e. The van der Waals surface area contributed by atoms with Crippen molar-refractivity contribution in [3.63, 3.8) is 0 Å². The van der Waals surface area contributed by atoms with Crippen molar-refractivity contribution >= 4 is 27.2 Å². The number of thiophene rings is 1. The van der Waals surface area contributed by atoms with E-state index in [1.165, 1.54) is 16.0 Å². The van der Waals surface area contributed by atoms with Gasteiger partial charge in [-0.15, -0.1) is 11.3 Å². The molecule has 1 saturated heterocycles. The van der Waals surface area contributed by atoms with E-state index in [2.05, 4.69) is 58.4 Å². The summed E-state index contributed by atoms with van der Waals surface area (Å²) < 4.78 is 5.43. The smallest absolute Gasteiger partial charge is 0.124 e. The second-order valence-electron chi connectivity index (χ2n) is 6.59. The minimum Gasteiger partial charge on any atom is -0.378 e. The Morgan fingerprint density at radius 2 is 1.78 bits per heavy atom. The molecule has 0 radical (unpaired) electrons. The van der Waals surface area contributed by atoms with Gasteiger partial charge in [0.05, 0.1) is 18.9 Å². The van der Waals surface area contributed by atoms with Crippen molar-refractivity contribution in [1.82, 2.24) is 9.97 Å². The monoisotopic (exact) mass is 373 g/mol. The van der Waals surface area contributed by atoms with Crippen LogP contribution in [-0.4, -0.2) is 36.3 Å². The van der Waals surface area contributed by atoms with Crippen LogP contribution in [0.15, 0.2) is 67.0 Å². The van der Waals surface area contributed by atoms with E-state index >= 15 is 0 Å². The molecule has 0 atom stereocenters. The lowest BCUT2D eigenvalue weighted by molar-refractivity contribution is 0.122. The zero-order valence-corrected chi connectivity index (χ0v) is 15.7. The van der Waals surface area contributed by atoms with E-state index in [-0.39, 0.29) is 0 Å².